The van der Waals surface area contributed by atoms with Gasteiger partial charge in [-0.25, -0.2) is 0 Å². The molecule has 2 nitrogen and oxygen atoms in total. The van der Waals surface area contributed by atoms with Gasteiger partial charge in [-0.1, -0.05) is 20.8 Å². The number of nitrogens with one attached hydrogen (secondary N) is 1. The monoisotopic (exact) mass is 305 g/mol. The lowest BCUT2D eigenvalue weighted by atomic mass is 9.85. The molecule has 0 radical (unpaired) electrons. The Balaban J connectivity index is 2.50. The van der Waals surface area contributed by atoms with E-state index in [2.05, 4.69) is 54.2 Å². The fourth-order valence-electron chi connectivity index (χ4n) is 1.64. The van der Waals surface area contributed by atoms with E-state index in [0.29, 0.717) is 6.04 Å². The lowest BCUT2D eigenvalue weighted by Crippen LogP contribution is -2.40. The summed E-state index contributed by atoms with van der Waals surface area (Å²) < 4.78 is 1.17. The maximum atomic E-state index is 9.06. The zero-order valence-electron chi connectivity index (χ0n) is 10.1. The van der Waals surface area contributed by atoms with E-state index in [1.165, 1.54) is 8.66 Å². The lowest BCUT2D eigenvalue weighted by molar-refractivity contribution is 0.197. The number of aliphatic hydroxyl groups excluding tert-OH is 1. The molecule has 1 aromatic heterocycles. The largest absolute Gasteiger partial charge is 0.396 e. The molecule has 1 unspecified atom stereocenters. The second-order valence-corrected chi connectivity index (χ2v) is 7.57. The zero-order chi connectivity index (χ0) is 12.2. The van der Waals surface area contributed by atoms with Crippen molar-refractivity contribution in [2.24, 2.45) is 5.41 Å². The third kappa shape index (κ3) is 4.53. The second kappa shape index (κ2) is 6.15. The fourth-order valence-corrected chi connectivity index (χ4v) is 3.07. The van der Waals surface area contributed by atoms with Gasteiger partial charge in [0.05, 0.1) is 3.79 Å². The molecule has 92 valence electrons. The van der Waals surface area contributed by atoms with Crippen LogP contribution >= 0.6 is 27.3 Å². The van der Waals surface area contributed by atoms with Crippen LogP contribution in [0.25, 0.3) is 0 Å². The molecule has 1 rings (SSSR count). The van der Waals surface area contributed by atoms with Gasteiger partial charge in [0.1, 0.15) is 0 Å². The van der Waals surface area contributed by atoms with Gasteiger partial charge in [-0.2, -0.15) is 0 Å². The SMILES string of the molecule is CC(C)(C)C(CCO)NCc1ccc(Br)s1. The van der Waals surface area contributed by atoms with Crippen molar-refractivity contribution in [1.82, 2.24) is 5.32 Å². The highest BCUT2D eigenvalue weighted by Crippen LogP contribution is 2.25. The minimum atomic E-state index is 0.178. The Kier molecular flexibility index (Phi) is 5.44. The summed E-state index contributed by atoms with van der Waals surface area (Å²) in [5, 5.41) is 12.6. The summed E-state index contributed by atoms with van der Waals surface area (Å²) >= 11 is 5.21. The molecule has 1 atom stereocenters. The Morgan fingerprint density at radius 2 is 2.12 bits per heavy atom. The van der Waals surface area contributed by atoms with Gasteiger partial charge in [0.25, 0.3) is 0 Å². The first-order valence-corrected chi connectivity index (χ1v) is 7.13. The van der Waals surface area contributed by atoms with Crippen LogP contribution in [0.3, 0.4) is 0 Å². The van der Waals surface area contributed by atoms with Crippen molar-refractivity contribution in [1.29, 1.82) is 0 Å². The molecular weight excluding hydrogens is 286 g/mol. The molecule has 4 heteroatoms. The van der Waals surface area contributed by atoms with E-state index in [-0.39, 0.29) is 12.0 Å². The van der Waals surface area contributed by atoms with Gasteiger partial charge in [-0.15, -0.1) is 11.3 Å². The number of hydrogen-bond donors (Lipinski definition) is 2. The van der Waals surface area contributed by atoms with Crippen molar-refractivity contribution >= 4 is 27.3 Å². The number of hydrogen-bond acceptors (Lipinski definition) is 3. The number of halogens is 1. The summed E-state index contributed by atoms with van der Waals surface area (Å²) in [5.74, 6) is 0. The molecule has 1 aromatic rings. The standard InChI is InChI=1S/C12H20BrNOS/c1-12(2,3)10(6-7-15)14-8-9-4-5-11(13)16-9/h4-5,10,14-15H,6-8H2,1-3H3. The molecule has 0 fully saturated rings. The van der Waals surface area contributed by atoms with Gasteiger partial charge in [0, 0.05) is 24.1 Å². The Bertz CT molecular complexity index is 319. The third-order valence-electron chi connectivity index (χ3n) is 2.61. The van der Waals surface area contributed by atoms with Crippen molar-refractivity contribution in [3.63, 3.8) is 0 Å². The summed E-state index contributed by atoms with van der Waals surface area (Å²) in [7, 11) is 0. The Labute approximate surface area is 110 Å². The average Bonchev–Trinajstić information content (AvgIpc) is 2.57. The predicted molar refractivity (Wildman–Crippen MR) is 73.8 cm³/mol. The first kappa shape index (κ1) is 14.2. The van der Waals surface area contributed by atoms with Crippen LogP contribution in [0.2, 0.25) is 0 Å². The van der Waals surface area contributed by atoms with Crippen LogP contribution in [0.5, 0.6) is 0 Å². The first-order valence-electron chi connectivity index (χ1n) is 5.52. The maximum Gasteiger partial charge on any atom is 0.0701 e. The summed E-state index contributed by atoms with van der Waals surface area (Å²) in [6.45, 7) is 7.71. The second-order valence-electron chi connectivity index (χ2n) is 5.02. The highest BCUT2D eigenvalue weighted by atomic mass is 79.9. The molecule has 0 aromatic carbocycles. The average molecular weight is 306 g/mol. The van der Waals surface area contributed by atoms with E-state index >= 15 is 0 Å². The van der Waals surface area contributed by atoms with Gasteiger partial charge in [-0.3, -0.25) is 0 Å². The van der Waals surface area contributed by atoms with Gasteiger partial charge >= 0.3 is 0 Å². The quantitative estimate of drug-likeness (QED) is 0.874. The minimum Gasteiger partial charge on any atom is -0.396 e. The van der Waals surface area contributed by atoms with Crippen molar-refractivity contribution in [3.8, 4) is 0 Å². The van der Waals surface area contributed by atoms with Crippen molar-refractivity contribution < 1.29 is 5.11 Å². The molecule has 1 heterocycles. The summed E-state index contributed by atoms with van der Waals surface area (Å²) in [4.78, 5) is 1.32. The fraction of sp³-hybridized carbons (Fsp3) is 0.667. The molecule has 0 saturated carbocycles. The van der Waals surface area contributed by atoms with Crippen molar-refractivity contribution in [2.75, 3.05) is 6.61 Å². The third-order valence-corrected chi connectivity index (χ3v) is 4.24. The van der Waals surface area contributed by atoms with Crippen LogP contribution in [0.4, 0.5) is 0 Å². The van der Waals surface area contributed by atoms with E-state index in [1.807, 2.05) is 0 Å². The van der Waals surface area contributed by atoms with E-state index in [9.17, 15) is 0 Å². The molecule has 0 bridgehead atoms. The summed E-state index contributed by atoms with van der Waals surface area (Å²) in [6, 6.07) is 4.54. The van der Waals surface area contributed by atoms with Crippen molar-refractivity contribution in [2.45, 2.75) is 39.8 Å². The molecule has 0 aliphatic rings. The Morgan fingerprint density at radius 1 is 1.44 bits per heavy atom. The molecular formula is C12H20BrNOS. The summed E-state index contributed by atoms with van der Waals surface area (Å²) in [6.07, 6.45) is 0.802. The van der Waals surface area contributed by atoms with Gasteiger partial charge in [-0.05, 0) is 39.9 Å². The van der Waals surface area contributed by atoms with E-state index in [1.54, 1.807) is 11.3 Å². The normalized spacial score (nSPS) is 14.1. The number of thiophene rings is 1. The molecule has 0 aliphatic carbocycles. The first-order chi connectivity index (χ1) is 7.43. The van der Waals surface area contributed by atoms with Crippen LogP contribution in [0.15, 0.2) is 15.9 Å². The van der Waals surface area contributed by atoms with Crippen LogP contribution in [-0.4, -0.2) is 17.8 Å². The molecule has 2 N–H and O–H groups in total. The molecule has 0 amide bonds. The van der Waals surface area contributed by atoms with Gasteiger partial charge < -0.3 is 10.4 Å². The van der Waals surface area contributed by atoms with Gasteiger partial charge in [0.2, 0.25) is 0 Å². The van der Waals surface area contributed by atoms with Crippen molar-refractivity contribution in [3.05, 3.63) is 20.8 Å². The van der Waals surface area contributed by atoms with Crippen LogP contribution in [-0.2, 0) is 6.54 Å². The Morgan fingerprint density at radius 3 is 2.56 bits per heavy atom. The minimum absolute atomic E-state index is 0.178. The van der Waals surface area contributed by atoms with E-state index < -0.39 is 0 Å². The molecule has 0 saturated heterocycles. The maximum absolute atomic E-state index is 9.06. The molecule has 0 spiro atoms. The smallest absolute Gasteiger partial charge is 0.0701 e. The number of aliphatic hydroxyl groups is 1. The predicted octanol–water partition coefficient (Wildman–Crippen LogP) is 3.40. The molecule has 16 heavy (non-hydrogen) atoms. The highest BCUT2D eigenvalue weighted by Gasteiger charge is 2.23. The zero-order valence-corrected chi connectivity index (χ0v) is 12.5. The van der Waals surface area contributed by atoms with E-state index in [0.717, 1.165) is 13.0 Å². The Hall–Kier alpha value is 0.1000. The van der Waals surface area contributed by atoms with Crippen LogP contribution in [0.1, 0.15) is 32.1 Å². The topological polar surface area (TPSA) is 32.3 Å². The highest BCUT2D eigenvalue weighted by molar-refractivity contribution is 9.11. The van der Waals surface area contributed by atoms with E-state index in [4.69, 9.17) is 5.11 Å². The van der Waals surface area contributed by atoms with Gasteiger partial charge in [0.15, 0.2) is 0 Å². The summed E-state index contributed by atoms with van der Waals surface area (Å²) in [5.41, 5.74) is 0.178. The van der Waals surface area contributed by atoms with Crippen LogP contribution < -0.4 is 5.32 Å². The lowest BCUT2D eigenvalue weighted by Gasteiger charge is -2.31. The molecule has 0 aliphatic heterocycles. The van der Waals surface area contributed by atoms with Crippen LogP contribution in [0, 0.1) is 5.41 Å². The number of rotatable bonds is 5.